The molecule has 0 aromatic carbocycles. The zero-order valence-electron chi connectivity index (χ0n) is 10.6. The number of piperazine rings is 1. The Morgan fingerprint density at radius 1 is 1.47 bits per heavy atom. The van der Waals surface area contributed by atoms with Crippen LogP contribution >= 0.6 is 0 Å². The smallest absolute Gasteiger partial charge is 0.317 e. The highest BCUT2D eigenvalue weighted by Crippen LogP contribution is 2.19. The lowest BCUT2D eigenvalue weighted by Gasteiger charge is -2.36. The van der Waals surface area contributed by atoms with Gasteiger partial charge in [0.2, 0.25) is 0 Å². The summed E-state index contributed by atoms with van der Waals surface area (Å²) in [6.07, 6.45) is 0. The Balaban J connectivity index is 1.75. The van der Waals surface area contributed by atoms with Gasteiger partial charge in [-0.2, -0.15) is 5.10 Å². The van der Waals surface area contributed by atoms with Crippen molar-refractivity contribution in [3.63, 3.8) is 0 Å². The lowest BCUT2D eigenvalue weighted by Crippen LogP contribution is -2.53. The van der Waals surface area contributed by atoms with Crippen molar-refractivity contribution in [1.29, 1.82) is 0 Å². The summed E-state index contributed by atoms with van der Waals surface area (Å²) in [4.78, 5) is 27.3. The van der Waals surface area contributed by atoms with E-state index in [-0.39, 0.29) is 23.7 Å². The summed E-state index contributed by atoms with van der Waals surface area (Å²) in [6.45, 7) is 3.93. The number of hydrogen-bond donors (Lipinski definition) is 3. The molecule has 4 N–H and O–H groups in total. The van der Waals surface area contributed by atoms with Crippen molar-refractivity contribution in [3.05, 3.63) is 11.4 Å². The molecule has 19 heavy (non-hydrogen) atoms. The van der Waals surface area contributed by atoms with E-state index in [1.807, 2.05) is 0 Å². The van der Waals surface area contributed by atoms with Gasteiger partial charge in [-0.15, -0.1) is 0 Å². The maximum atomic E-state index is 12.3. The quantitative estimate of drug-likeness (QED) is 0.614. The topological polar surface area (TPSA) is 107 Å². The van der Waals surface area contributed by atoms with Crippen molar-refractivity contribution in [2.45, 2.75) is 13.0 Å². The normalized spacial score (nSPS) is 22.4. The second kappa shape index (κ2) is 4.15. The Morgan fingerprint density at radius 3 is 2.95 bits per heavy atom. The van der Waals surface area contributed by atoms with Gasteiger partial charge in [-0.25, -0.2) is 4.79 Å². The zero-order chi connectivity index (χ0) is 13.6. The minimum atomic E-state index is -0.180. The number of aromatic amines is 1. The highest BCUT2D eigenvalue weighted by atomic mass is 16.2. The average molecular weight is 264 g/mol. The van der Waals surface area contributed by atoms with E-state index in [2.05, 4.69) is 15.5 Å². The van der Waals surface area contributed by atoms with Gasteiger partial charge in [-0.1, -0.05) is 0 Å². The predicted molar refractivity (Wildman–Crippen MR) is 67.5 cm³/mol. The van der Waals surface area contributed by atoms with Crippen molar-refractivity contribution < 1.29 is 9.59 Å². The number of anilines is 1. The molecule has 1 aromatic heterocycles. The number of hydrogen-bond acceptors (Lipinski definition) is 4. The molecule has 2 saturated heterocycles. The minimum Gasteiger partial charge on any atom is -0.395 e. The number of fused-ring (bicyclic) bond motifs is 1. The monoisotopic (exact) mass is 264 g/mol. The Hall–Kier alpha value is -2.25. The van der Waals surface area contributed by atoms with E-state index in [4.69, 9.17) is 5.73 Å². The highest BCUT2D eigenvalue weighted by molar-refractivity contribution is 5.97. The van der Waals surface area contributed by atoms with Gasteiger partial charge in [-0.3, -0.25) is 9.89 Å². The number of nitrogen functional groups attached to an aromatic ring is 1. The molecule has 0 aliphatic carbocycles. The van der Waals surface area contributed by atoms with Crippen LogP contribution in [0.15, 0.2) is 0 Å². The van der Waals surface area contributed by atoms with Crippen molar-refractivity contribution in [3.8, 4) is 0 Å². The molecule has 1 unspecified atom stereocenters. The number of urea groups is 1. The fourth-order valence-corrected chi connectivity index (χ4v) is 2.54. The van der Waals surface area contributed by atoms with Crippen LogP contribution in [0.1, 0.15) is 16.2 Å². The maximum absolute atomic E-state index is 12.3. The molecular weight excluding hydrogens is 248 g/mol. The van der Waals surface area contributed by atoms with Crippen LogP contribution < -0.4 is 11.1 Å². The summed E-state index contributed by atoms with van der Waals surface area (Å²) in [5.41, 5.74) is 7.18. The van der Waals surface area contributed by atoms with Crippen LogP contribution in [0.25, 0.3) is 0 Å². The molecule has 0 bridgehead atoms. The van der Waals surface area contributed by atoms with Crippen molar-refractivity contribution in [1.82, 2.24) is 25.3 Å². The molecule has 8 heteroatoms. The van der Waals surface area contributed by atoms with Gasteiger partial charge < -0.3 is 20.9 Å². The molecule has 2 aliphatic rings. The first-order valence-electron chi connectivity index (χ1n) is 6.22. The average Bonchev–Trinajstić information content (AvgIpc) is 2.94. The molecule has 0 radical (unpaired) electrons. The standard InChI is InChI=1S/C11H16N6O2/c1-6-8(12)9(15-14-6)10(18)16-2-3-17-7(5-16)4-13-11(17)19/h7H,2-5,12H2,1H3,(H,13,19)(H,14,15). The molecular formula is C11H16N6O2. The van der Waals surface area contributed by atoms with Gasteiger partial charge in [-0.05, 0) is 6.92 Å². The first kappa shape index (κ1) is 11.8. The number of aromatic nitrogens is 2. The Morgan fingerprint density at radius 2 is 2.26 bits per heavy atom. The number of H-pyrrole nitrogens is 1. The molecule has 3 amide bonds. The maximum Gasteiger partial charge on any atom is 0.317 e. The molecule has 8 nitrogen and oxygen atoms in total. The molecule has 3 rings (SSSR count). The SMILES string of the molecule is Cc1[nH]nc(C(=O)N2CCN3C(=O)NCC3C2)c1N. The van der Waals surface area contributed by atoms with E-state index in [1.165, 1.54) is 0 Å². The van der Waals surface area contributed by atoms with Crippen molar-refractivity contribution in [2.75, 3.05) is 31.9 Å². The molecule has 1 atom stereocenters. The van der Waals surface area contributed by atoms with E-state index in [1.54, 1.807) is 16.7 Å². The molecule has 0 saturated carbocycles. The van der Waals surface area contributed by atoms with Crippen LogP contribution in [0, 0.1) is 6.92 Å². The summed E-state index contributed by atoms with van der Waals surface area (Å²) in [6, 6.07) is -0.00121. The van der Waals surface area contributed by atoms with Gasteiger partial charge in [0.05, 0.1) is 17.4 Å². The number of amides is 3. The van der Waals surface area contributed by atoms with Gasteiger partial charge in [0.1, 0.15) is 0 Å². The van der Waals surface area contributed by atoms with Crippen LogP contribution in [-0.2, 0) is 0 Å². The van der Waals surface area contributed by atoms with Gasteiger partial charge in [0.25, 0.3) is 5.91 Å². The van der Waals surface area contributed by atoms with Gasteiger partial charge >= 0.3 is 6.03 Å². The number of carbonyl (C=O) groups is 2. The second-order valence-electron chi connectivity index (χ2n) is 4.90. The van der Waals surface area contributed by atoms with Crippen LogP contribution in [0.2, 0.25) is 0 Å². The number of nitrogens with two attached hydrogens (primary N) is 1. The van der Waals surface area contributed by atoms with Crippen LogP contribution in [0.4, 0.5) is 10.5 Å². The minimum absolute atomic E-state index is 0.0477. The first-order chi connectivity index (χ1) is 9.08. The molecule has 0 spiro atoms. The fraction of sp³-hybridized carbons (Fsp3) is 0.545. The van der Waals surface area contributed by atoms with Crippen LogP contribution in [0.3, 0.4) is 0 Å². The lowest BCUT2D eigenvalue weighted by molar-refractivity contribution is 0.0612. The van der Waals surface area contributed by atoms with E-state index in [0.717, 1.165) is 0 Å². The second-order valence-corrected chi connectivity index (χ2v) is 4.90. The highest BCUT2D eigenvalue weighted by Gasteiger charge is 2.37. The molecule has 2 aliphatic heterocycles. The molecule has 102 valence electrons. The Kier molecular flexibility index (Phi) is 2.58. The fourth-order valence-electron chi connectivity index (χ4n) is 2.54. The Bertz CT molecular complexity index is 539. The van der Waals surface area contributed by atoms with Gasteiger partial charge in [0, 0.05) is 26.2 Å². The summed E-state index contributed by atoms with van der Waals surface area (Å²) < 4.78 is 0. The molecule has 1 aromatic rings. The molecule has 3 heterocycles. The van der Waals surface area contributed by atoms with Crippen LogP contribution in [0.5, 0.6) is 0 Å². The van der Waals surface area contributed by atoms with E-state index in [9.17, 15) is 9.59 Å². The van der Waals surface area contributed by atoms with E-state index in [0.29, 0.717) is 37.6 Å². The number of nitrogens with zero attached hydrogens (tertiary/aromatic N) is 3. The number of carbonyl (C=O) groups excluding carboxylic acids is 2. The third-order valence-electron chi connectivity index (χ3n) is 3.72. The number of nitrogens with one attached hydrogen (secondary N) is 2. The third kappa shape index (κ3) is 1.79. The number of rotatable bonds is 1. The van der Waals surface area contributed by atoms with Crippen LogP contribution in [-0.4, -0.2) is 64.2 Å². The molecule has 2 fully saturated rings. The van der Waals surface area contributed by atoms with Gasteiger partial charge in [0.15, 0.2) is 5.69 Å². The third-order valence-corrected chi connectivity index (χ3v) is 3.72. The van der Waals surface area contributed by atoms with Crippen molar-refractivity contribution in [2.24, 2.45) is 0 Å². The van der Waals surface area contributed by atoms with Crippen molar-refractivity contribution >= 4 is 17.6 Å². The summed E-state index contributed by atoms with van der Waals surface area (Å²) >= 11 is 0. The predicted octanol–water partition coefficient (Wildman–Crippen LogP) is -0.850. The Labute approximate surface area is 109 Å². The largest absolute Gasteiger partial charge is 0.395 e. The van der Waals surface area contributed by atoms with E-state index >= 15 is 0 Å². The summed E-state index contributed by atoms with van der Waals surface area (Å²) in [7, 11) is 0. The lowest BCUT2D eigenvalue weighted by atomic mass is 10.1. The summed E-state index contributed by atoms with van der Waals surface area (Å²) in [5, 5.41) is 9.44. The first-order valence-corrected chi connectivity index (χ1v) is 6.22. The zero-order valence-corrected chi connectivity index (χ0v) is 10.6. The number of aryl methyl sites for hydroxylation is 1. The van der Waals surface area contributed by atoms with E-state index < -0.39 is 0 Å². The summed E-state index contributed by atoms with van der Waals surface area (Å²) in [5.74, 6) is -0.180.